The number of methoxy groups -OCH3 is 2. The second-order valence-electron chi connectivity index (χ2n) is 4.45. The first-order valence-electron chi connectivity index (χ1n) is 6.35. The van der Waals surface area contributed by atoms with Gasteiger partial charge in [0.2, 0.25) is 0 Å². The van der Waals surface area contributed by atoms with Gasteiger partial charge in [-0.15, -0.1) is 0 Å². The lowest BCUT2D eigenvalue weighted by atomic mass is 10.1. The molecule has 100 valence electrons. The van der Waals surface area contributed by atoms with Crippen LogP contribution in [0.3, 0.4) is 0 Å². The summed E-state index contributed by atoms with van der Waals surface area (Å²) in [5, 5.41) is 3.62. The molecule has 0 aliphatic carbocycles. The fourth-order valence-electron chi connectivity index (χ4n) is 2.15. The quantitative estimate of drug-likeness (QED) is 0.888. The van der Waals surface area contributed by atoms with Crippen LogP contribution in [0.1, 0.15) is 18.4 Å². The molecule has 1 heterocycles. The minimum atomic E-state index is 0.651. The fraction of sp³-hybridized carbons (Fsp3) is 0.571. The van der Waals surface area contributed by atoms with Gasteiger partial charge in [0.1, 0.15) is 11.5 Å². The Balaban J connectivity index is 1.95. The first kappa shape index (κ1) is 13.6. The van der Waals surface area contributed by atoms with Crippen LogP contribution in [0.25, 0.3) is 0 Å². The molecule has 1 aliphatic heterocycles. The summed E-state index contributed by atoms with van der Waals surface area (Å²) in [6.07, 6.45) is 2.53. The van der Waals surface area contributed by atoms with Crippen LogP contribution in [0.15, 0.2) is 18.2 Å². The van der Waals surface area contributed by atoms with Gasteiger partial charge in [0.25, 0.3) is 0 Å². The Morgan fingerprint density at radius 1 is 1.22 bits per heavy atom. The maximum Gasteiger partial charge on any atom is 0.127 e. The Morgan fingerprint density at radius 2 is 2.00 bits per heavy atom. The molecule has 1 fully saturated rings. The Hall–Kier alpha value is -0.870. The van der Waals surface area contributed by atoms with Crippen LogP contribution in [0.5, 0.6) is 11.5 Å². The minimum Gasteiger partial charge on any atom is -0.497 e. The van der Waals surface area contributed by atoms with E-state index in [2.05, 4.69) is 23.1 Å². The molecular formula is C14H21NO2S. The van der Waals surface area contributed by atoms with E-state index in [0.29, 0.717) is 6.04 Å². The number of rotatable bonds is 5. The summed E-state index contributed by atoms with van der Waals surface area (Å²) >= 11 is 2.05. The van der Waals surface area contributed by atoms with Crippen molar-refractivity contribution in [1.82, 2.24) is 5.32 Å². The van der Waals surface area contributed by atoms with E-state index in [9.17, 15) is 0 Å². The molecular weight excluding hydrogens is 246 g/mol. The van der Waals surface area contributed by atoms with Crippen LogP contribution in [-0.4, -0.2) is 31.8 Å². The Labute approximate surface area is 113 Å². The zero-order valence-electron chi connectivity index (χ0n) is 11.1. The van der Waals surface area contributed by atoms with Crippen molar-refractivity contribution in [3.05, 3.63) is 23.8 Å². The van der Waals surface area contributed by atoms with Gasteiger partial charge in [0.05, 0.1) is 14.2 Å². The molecule has 18 heavy (non-hydrogen) atoms. The lowest BCUT2D eigenvalue weighted by Crippen LogP contribution is -2.32. The molecule has 2 rings (SSSR count). The zero-order chi connectivity index (χ0) is 12.8. The van der Waals surface area contributed by atoms with Crippen molar-refractivity contribution in [3.8, 4) is 11.5 Å². The Morgan fingerprint density at radius 3 is 2.67 bits per heavy atom. The predicted octanol–water partition coefficient (Wildman–Crippen LogP) is 2.69. The lowest BCUT2D eigenvalue weighted by molar-refractivity contribution is 0.387. The molecule has 3 nitrogen and oxygen atoms in total. The highest BCUT2D eigenvalue weighted by molar-refractivity contribution is 7.99. The third-order valence-electron chi connectivity index (χ3n) is 3.30. The van der Waals surface area contributed by atoms with E-state index in [1.54, 1.807) is 14.2 Å². The van der Waals surface area contributed by atoms with Gasteiger partial charge in [0.15, 0.2) is 0 Å². The number of benzene rings is 1. The number of ether oxygens (including phenoxy) is 2. The normalized spacial score (nSPS) is 16.6. The van der Waals surface area contributed by atoms with Crippen LogP contribution in [0, 0.1) is 0 Å². The van der Waals surface area contributed by atoms with E-state index in [-0.39, 0.29) is 0 Å². The Kier molecular flexibility index (Phi) is 5.20. The molecule has 0 atom stereocenters. The molecule has 0 bridgehead atoms. The molecule has 1 aromatic carbocycles. The van der Waals surface area contributed by atoms with Gasteiger partial charge in [-0.05, 0) is 30.4 Å². The highest BCUT2D eigenvalue weighted by Gasteiger charge is 2.13. The third-order valence-corrected chi connectivity index (χ3v) is 4.35. The largest absolute Gasteiger partial charge is 0.497 e. The smallest absolute Gasteiger partial charge is 0.127 e. The van der Waals surface area contributed by atoms with E-state index in [1.807, 2.05) is 12.1 Å². The summed E-state index contributed by atoms with van der Waals surface area (Å²) in [6.45, 7) is 0.864. The van der Waals surface area contributed by atoms with E-state index in [1.165, 1.54) is 29.9 Å². The van der Waals surface area contributed by atoms with Crippen LogP contribution in [0.4, 0.5) is 0 Å². The van der Waals surface area contributed by atoms with Crippen LogP contribution >= 0.6 is 11.8 Å². The second-order valence-corrected chi connectivity index (χ2v) is 5.67. The summed E-state index contributed by atoms with van der Waals surface area (Å²) in [7, 11) is 3.38. The highest BCUT2D eigenvalue weighted by Crippen LogP contribution is 2.25. The maximum atomic E-state index is 5.40. The monoisotopic (exact) mass is 267 g/mol. The maximum absolute atomic E-state index is 5.40. The van der Waals surface area contributed by atoms with Crippen LogP contribution in [0.2, 0.25) is 0 Å². The number of nitrogens with one attached hydrogen (secondary N) is 1. The van der Waals surface area contributed by atoms with E-state index < -0.39 is 0 Å². The van der Waals surface area contributed by atoms with Gasteiger partial charge in [-0.25, -0.2) is 0 Å². The van der Waals surface area contributed by atoms with Crippen LogP contribution < -0.4 is 14.8 Å². The molecule has 0 spiro atoms. The van der Waals surface area contributed by atoms with Gasteiger partial charge in [-0.1, -0.05) is 6.07 Å². The SMILES string of the molecule is COc1ccc(CNC2CCSCC2)c(OC)c1. The molecule has 1 aromatic rings. The van der Waals surface area contributed by atoms with Crippen molar-refractivity contribution >= 4 is 11.8 Å². The minimum absolute atomic E-state index is 0.651. The van der Waals surface area contributed by atoms with E-state index in [0.717, 1.165) is 18.0 Å². The fourth-order valence-corrected chi connectivity index (χ4v) is 3.26. The first-order valence-corrected chi connectivity index (χ1v) is 7.51. The molecule has 1 N–H and O–H groups in total. The van der Waals surface area contributed by atoms with Crippen molar-refractivity contribution in [1.29, 1.82) is 0 Å². The molecule has 0 radical (unpaired) electrons. The van der Waals surface area contributed by atoms with Gasteiger partial charge in [-0.3, -0.25) is 0 Å². The standard InChI is InChI=1S/C14H21NO2S/c1-16-13-4-3-11(14(9-13)17-2)10-15-12-5-7-18-8-6-12/h3-4,9,12,15H,5-8,10H2,1-2H3. The van der Waals surface area contributed by atoms with Gasteiger partial charge >= 0.3 is 0 Å². The number of hydrogen-bond acceptors (Lipinski definition) is 4. The second kappa shape index (κ2) is 6.90. The van der Waals surface area contributed by atoms with Crippen molar-refractivity contribution in [2.75, 3.05) is 25.7 Å². The van der Waals surface area contributed by atoms with Crippen LogP contribution in [-0.2, 0) is 6.54 Å². The predicted molar refractivity (Wildman–Crippen MR) is 76.7 cm³/mol. The van der Waals surface area contributed by atoms with E-state index >= 15 is 0 Å². The van der Waals surface area contributed by atoms with Crippen molar-refractivity contribution < 1.29 is 9.47 Å². The molecule has 1 saturated heterocycles. The number of hydrogen-bond donors (Lipinski definition) is 1. The Bertz CT molecular complexity index is 378. The summed E-state index contributed by atoms with van der Waals surface area (Å²) in [5.74, 6) is 4.28. The van der Waals surface area contributed by atoms with E-state index in [4.69, 9.17) is 9.47 Å². The van der Waals surface area contributed by atoms with Gasteiger partial charge in [-0.2, -0.15) is 11.8 Å². The first-order chi connectivity index (χ1) is 8.83. The number of thioether (sulfide) groups is 1. The molecule has 0 amide bonds. The highest BCUT2D eigenvalue weighted by atomic mass is 32.2. The van der Waals surface area contributed by atoms with Gasteiger partial charge < -0.3 is 14.8 Å². The molecule has 0 aromatic heterocycles. The lowest BCUT2D eigenvalue weighted by Gasteiger charge is -2.23. The third kappa shape index (κ3) is 3.56. The molecule has 0 saturated carbocycles. The molecule has 1 aliphatic rings. The molecule has 4 heteroatoms. The molecule has 0 unspecified atom stereocenters. The van der Waals surface area contributed by atoms with Crippen molar-refractivity contribution in [3.63, 3.8) is 0 Å². The summed E-state index contributed by atoms with van der Waals surface area (Å²) in [5.41, 5.74) is 1.19. The van der Waals surface area contributed by atoms with Crippen molar-refractivity contribution in [2.24, 2.45) is 0 Å². The zero-order valence-corrected chi connectivity index (χ0v) is 11.9. The average molecular weight is 267 g/mol. The van der Waals surface area contributed by atoms with Crippen molar-refractivity contribution in [2.45, 2.75) is 25.4 Å². The topological polar surface area (TPSA) is 30.5 Å². The summed E-state index contributed by atoms with van der Waals surface area (Å²) < 4.78 is 10.6. The summed E-state index contributed by atoms with van der Waals surface area (Å²) in [6, 6.07) is 6.64. The van der Waals surface area contributed by atoms with Gasteiger partial charge in [0, 0.05) is 24.2 Å². The average Bonchev–Trinajstić information content (AvgIpc) is 2.46. The summed E-state index contributed by atoms with van der Waals surface area (Å²) in [4.78, 5) is 0.